The molecular formula is C20H23N5O3. The maximum Gasteiger partial charge on any atom is 0.255 e. The Balaban J connectivity index is 1.47. The summed E-state index contributed by atoms with van der Waals surface area (Å²) in [5.41, 5.74) is 1.97. The van der Waals surface area contributed by atoms with Crippen molar-refractivity contribution in [2.24, 2.45) is 0 Å². The van der Waals surface area contributed by atoms with Crippen LogP contribution in [0.1, 0.15) is 29.7 Å². The van der Waals surface area contributed by atoms with Crippen LogP contribution in [0.25, 0.3) is 0 Å². The first-order valence-corrected chi connectivity index (χ1v) is 9.13. The van der Waals surface area contributed by atoms with E-state index in [1.54, 1.807) is 31.8 Å². The number of rotatable bonds is 9. The van der Waals surface area contributed by atoms with Crippen molar-refractivity contribution in [1.29, 1.82) is 0 Å². The molecule has 0 aromatic carbocycles. The van der Waals surface area contributed by atoms with Crippen LogP contribution in [0, 0.1) is 0 Å². The number of methoxy groups -OCH3 is 1. The summed E-state index contributed by atoms with van der Waals surface area (Å²) in [6.45, 7) is 0.692. The van der Waals surface area contributed by atoms with Gasteiger partial charge in [-0.15, -0.1) is 0 Å². The minimum absolute atomic E-state index is 0.170. The van der Waals surface area contributed by atoms with E-state index in [-0.39, 0.29) is 11.1 Å². The monoisotopic (exact) mass is 381 g/mol. The summed E-state index contributed by atoms with van der Waals surface area (Å²) in [5, 5.41) is 3.13. The van der Waals surface area contributed by atoms with E-state index in [0.29, 0.717) is 24.5 Å². The van der Waals surface area contributed by atoms with Crippen molar-refractivity contribution in [2.75, 3.05) is 19.0 Å². The number of anilines is 1. The molecule has 0 saturated heterocycles. The van der Waals surface area contributed by atoms with Crippen molar-refractivity contribution in [2.45, 2.75) is 25.7 Å². The van der Waals surface area contributed by atoms with Crippen LogP contribution in [0.5, 0.6) is 5.75 Å². The number of nitrogens with zero attached hydrogens (tertiary/aromatic N) is 2. The molecule has 0 unspecified atom stereocenters. The van der Waals surface area contributed by atoms with Gasteiger partial charge in [0.2, 0.25) is 11.5 Å². The minimum atomic E-state index is -0.193. The largest absolute Gasteiger partial charge is 0.495 e. The molecule has 0 radical (unpaired) electrons. The van der Waals surface area contributed by atoms with Gasteiger partial charge in [0.1, 0.15) is 5.75 Å². The Bertz CT molecular complexity index is 1010. The molecule has 8 nitrogen and oxygen atoms in total. The van der Waals surface area contributed by atoms with E-state index in [0.717, 1.165) is 36.3 Å². The molecule has 3 N–H and O–H groups in total. The fraction of sp³-hybridized carbons (Fsp3) is 0.300. The highest BCUT2D eigenvalue weighted by atomic mass is 16.5. The first-order valence-electron chi connectivity index (χ1n) is 9.13. The molecule has 3 heterocycles. The van der Waals surface area contributed by atoms with E-state index in [1.807, 2.05) is 12.1 Å². The van der Waals surface area contributed by atoms with Crippen molar-refractivity contribution in [1.82, 2.24) is 19.9 Å². The molecule has 0 atom stereocenters. The van der Waals surface area contributed by atoms with Crippen LogP contribution >= 0.6 is 0 Å². The van der Waals surface area contributed by atoms with Gasteiger partial charge in [0.25, 0.3) is 5.56 Å². The topological polar surface area (TPSA) is 113 Å². The third-order valence-corrected chi connectivity index (χ3v) is 4.32. The summed E-state index contributed by atoms with van der Waals surface area (Å²) in [5.74, 6) is 1.25. The highest BCUT2D eigenvalue weighted by molar-refractivity contribution is 5.28. The molecule has 3 aromatic heterocycles. The lowest BCUT2D eigenvalue weighted by Crippen LogP contribution is -2.18. The number of nitrogens with one attached hydrogen (secondary N) is 3. The quantitative estimate of drug-likeness (QED) is 0.488. The second-order valence-electron chi connectivity index (χ2n) is 6.36. The predicted octanol–water partition coefficient (Wildman–Crippen LogP) is 1.89. The predicted molar refractivity (Wildman–Crippen MR) is 107 cm³/mol. The van der Waals surface area contributed by atoms with Crippen molar-refractivity contribution >= 4 is 5.95 Å². The molecule has 3 rings (SSSR count). The number of ether oxygens (including phenoxy) is 1. The molecule has 8 heteroatoms. The number of hydrogen-bond donors (Lipinski definition) is 3. The molecule has 28 heavy (non-hydrogen) atoms. The van der Waals surface area contributed by atoms with Gasteiger partial charge in [0.15, 0.2) is 0 Å². The fourth-order valence-corrected chi connectivity index (χ4v) is 2.83. The maximum atomic E-state index is 12.2. The van der Waals surface area contributed by atoms with E-state index in [2.05, 4.69) is 25.3 Å². The first-order chi connectivity index (χ1) is 13.7. The van der Waals surface area contributed by atoms with Gasteiger partial charge in [-0.3, -0.25) is 19.6 Å². The first kappa shape index (κ1) is 19.3. The van der Waals surface area contributed by atoms with Gasteiger partial charge < -0.3 is 15.0 Å². The summed E-state index contributed by atoms with van der Waals surface area (Å²) in [6, 6.07) is 6.89. The van der Waals surface area contributed by atoms with Crippen LogP contribution in [-0.4, -0.2) is 33.6 Å². The Morgan fingerprint density at radius 2 is 2.04 bits per heavy atom. The SMILES string of the molecule is COc1cccnc1CCCCNc1ncc(Cc2ccc(=O)[nH]c2)c(=O)[nH]1. The van der Waals surface area contributed by atoms with E-state index < -0.39 is 0 Å². The van der Waals surface area contributed by atoms with Crippen LogP contribution in [0.15, 0.2) is 52.4 Å². The molecule has 0 aliphatic carbocycles. The Kier molecular flexibility index (Phi) is 6.56. The summed E-state index contributed by atoms with van der Waals surface area (Å²) in [7, 11) is 1.64. The third-order valence-electron chi connectivity index (χ3n) is 4.32. The zero-order valence-corrected chi connectivity index (χ0v) is 15.7. The van der Waals surface area contributed by atoms with Crippen LogP contribution < -0.4 is 21.2 Å². The Hall–Kier alpha value is -3.42. The molecule has 0 saturated carbocycles. The molecule has 146 valence electrons. The zero-order chi connectivity index (χ0) is 19.8. The number of aryl methyl sites for hydroxylation is 1. The maximum absolute atomic E-state index is 12.2. The zero-order valence-electron chi connectivity index (χ0n) is 15.7. The summed E-state index contributed by atoms with van der Waals surface area (Å²) in [4.78, 5) is 37.3. The average Bonchev–Trinajstić information content (AvgIpc) is 2.71. The van der Waals surface area contributed by atoms with Gasteiger partial charge >= 0.3 is 0 Å². The molecule has 0 spiro atoms. The highest BCUT2D eigenvalue weighted by Crippen LogP contribution is 2.16. The second-order valence-corrected chi connectivity index (χ2v) is 6.36. The van der Waals surface area contributed by atoms with Crippen LogP contribution in [-0.2, 0) is 12.8 Å². The van der Waals surface area contributed by atoms with Crippen molar-refractivity contribution < 1.29 is 4.74 Å². The third kappa shape index (κ3) is 5.29. The number of H-pyrrole nitrogens is 2. The van der Waals surface area contributed by atoms with E-state index in [4.69, 9.17) is 4.74 Å². The Morgan fingerprint density at radius 3 is 2.79 bits per heavy atom. The van der Waals surface area contributed by atoms with Crippen LogP contribution in [0.2, 0.25) is 0 Å². The van der Waals surface area contributed by atoms with E-state index >= 15 is 0 Å². The summed E-state index contributed by atoms with van der Waals surface area (Å²) in [6.07, 6.45) is 8.01. The molecular weight excluding hydrogens is 358 g/mol. The lowest BCUT2D eigenvalue weighted by molar-refractivity contribution is 0.406. The van der Waals surface area contributed by atoms with Crippen LogP contribution in [0.4, 0.5) is 5.95 Å². The van der Waals surface area contributed by atoms with Gasteiger partial charge in [-0.1, -0.05) is 6.07 Å². The van der Waals surface area contributed by atoms with Gasteiger partial charge in [-0.25, -0.2) is 4.98 Å². The molecule has 0 amide bonds. The van der Waals surface area contributed by atoms with Crippen molar-refractivity contribution in [3.63, 3.8) is 0 Å². The molecule has 3 aromatic rings. The van der Waals surface area contributed by atoms with Crippen LogP contribution in [0.3, 0.4) is 0 Å². The highest BCUT2D eigenvalue weighted by Gasteiger charge is 2.05. The number of aromatic nitrogens is 4. The summed E-state index contributed by atoms with van der Waals surface area (Å²) < 4.78 is 5.30. The molecule has 0 aliphatic rings. The standard InChI is InChI=1S/C20H23N5O3/c1-28-17-6-4-10-21-16(17)5-2-3-9-22-20-24-13-15(19(27)25-20)11-14-7-8-18(26)23-12-14/h4,6-8,10,12-13H,2-3,5,9,11H2,1H3,(H,23,26)(H2,22,24,25,27). The Morgan fingerprint density at radius 1 is 1.14 bits per heavy atom. The fourth-order valence-electron chi connectivity index (χ4n) is 2.83. The Labute approximate surface area is 162 Å². The second kappa shape index (κ2) is 9.50. The van der Waals surface area contributed by atoms with E-state index in [1.165, 1.54) is 6.07 Å². The van der Waals surface area contributed by atoms with Crippen molar-refractivity contribution in [3.05, 3.63) is 80.4 Å². The minimum Gasteiger partial charge on any atom is -0.495 e. The normalized spacial score (nSPS) is 10.6. The lowest BCUT2D eigenvalue weighted by atomic mass is 10.1. The smallest absolute Gasteiger partial charge is 0.255 e. The van der Waals surface area contributed by atoms with Gasteiger partial charge in [-0.05, 0) is 37.0 Å². The van der Waals surface area contributed by atoms with Gasteiger partial charge in [-0.2, -0.15) is 0 Å². The molecule has 0 aliphatic heterocycles. The van der Waals surface area contributed by atoms with Crippen molar-refractivity contribution in [3.8, 4) is 5.75 Å². The number of pyridine rings is 2. The average molecular weight is 381 g/mol. The number of aromatic amines is 2. The lowest BCUT2D eigenvalue weighted by Gasteiger charge is -2.08. The number of hydrogen-bond acceptors (Lipinski definition) is 6. The van der Waals surface area contributed by atoms with Gasteiger partial charge in [0, 0.05) is 43.2 Å². The molecule has 0 fully saturated rings. The van der Waals surface area contributed by atoms with Gasteiger partial charge in [0.05, 0.1) is 12.8 Å². The van der Waals surface area contributed by atoms with E-state index in [9.17, 15) is 9.59 Å². The number of unbranched alkanes of at least 4 members (excludes halogenated alkanes) is 1. The summed E-state index contributed by atoms with van der Waals surface area (Å²) >= 11 is 0. The molecule has 0 bridgehead atoms.